The third kappa shape index (κ3) is 2.69. The van der Waals surface area contributed by atoms with Crippen molar-refractivity contribution in [1.29, 1.82) is 0 Å². The molecule has 0 fully saturated rings. The van der Waals surface area contributed by atoms with E-state index in [2.05, 4.69) is 51.5 Å². The molecule has 0 spiro atoms. The minimum absolute atomic E-state index is 0.781. The average molecular weight is 264 g/mol. The van der Waals surface area contributed by atoms with Crippen LogP contribution in [0.15, 0.2) is 55.2 Å². The Hall–Kier alpha value is -2.62. The molecule has 20 heavy (non-hydrogen) atoms. The van der Waals surface area contributed by atoms with Crippen LogP contribution in [0.5, 0.6) is 0 Å². The number of aromatic amines is 1. The highest BCUT2D eigenvalue weighted by Gasteiger charge is 2.00. The molecule has 0 amide bonds. The molecular formula is C16H16N4. The fraction of sp³-hybridized carbons (Fsp3) is 0.125. The van der Waals surface area contributed by atoms with Crippen molar-refractivity contribution >= 4 is 5.69 Å². The molecule has 2 N–H and O–H groups in total. The lowest BCUT2D eigenvalue weighted by atomic mass is 10.1. The van der Waals surface area contributed by atoms with Gasteiger partial charge >= 0.3 is 0 Å². The molecule has 4 heteroatoms. The first-order valence-corrected chi connectivity index (χ1v) is 6.55. The van der Waals surface area contributed by atoms with Gasteiger partial charge < -0.3 is 10.3 Å². The molecule has 1 aromatic carbocycles. The summed E-state index contributed by atoms with van der Waals surface area (Å²) in [7, 11) is 0. The first-order valence-electron chi connectivity index (χ1n) is 6.55. The lowest BCUT2D eigenvalue weighted by Gasteiger charge is -2.09. The Kier molecular flexibility index (Phi) is 3.46. The van der Waals surface area contributed by atoms with Gasteiger partial charge in [0.1, 0.15) is 0 Å². The van der Waals surface area contributed by atoms with Crippen LogP contribution < -0.4 is 5.32 Å². The second kappa shape index (κ2) is 5.57. The molecule has 0 atom stereocenters. The molecule has 0 aliphatic rings. The van der Waals surface area contributed by atoms with Gasteiger partial charge in [-0.25, -0.2) is 4.98 Å². The van der Waals surface area contributed by atoms with Crippen LogP contribution in [0, 0.1) is 6.92 Å². The number of hydrogen-bond acceptors (Lipinski definition) is 3. The second-order valence-electron chi connectivity index (χ2n) is 4.70. The molecular weight excluding hydrogens is 248 g/mol. The highest BCUT2D eigenvalue weighted by molar-refractivity contribution is 5.61. The predicted octanol–water partition coefficient (Wildman–Crippen LogP) is 3.39. The van der Waals surface area contributed by atoms with E-state index in [4.69, 9.17) is 0 Å². The number of anilines is 1. The number of pyridine rings is 1. The maximum atomic E-state index is 4.15. The molecule has 0 aliphatic heterocycles. The summed E-state index contributed by atoms with van der Waals surface area (Å²) >= 11 is 0. The number of imidazole rings is 1. The highest BCUT2D eigenvalue weighted by Crippen LogP contribution is 2.19. The van der Waals surface area contributed by atoms with E-state index < -0.39 is 0 Å². The number of aryl methyl sites for hydroxylation is 1. The molecule has 3 aromatic rings. The van der Waals surface area contributed by atoms with Crippen LogP contribution in [0.25, 0.3) is 11.3 Å². The zero-order valence-electron chi connectivity index (χ0n) is 11.3. The number of nitrogens with one attached hydrogen (secondary N) is 2. The molecule has 0 unspecified atom stereocenters. The lowest BCUT2D eigenvalue weighted by Crippen LogP contribution is -2.01. The Morgan fingerprint density at radius 3 is 2.60 bits per heavy atom. The molecule has 2 heterocycles. The number of rotatable bonds is 4. The van der Waals surface area contributed by atoms with Gasteiger partial charge in [-0.1, -0.05) is 12.1 Å². The summed E-state index contributed by atoms with van der Waals surface area (Å²) in [6.45, 7) is 2.88. The minimum Gasteiger partial charge on any atom is -0.381 e. The van der Waals surface area contributed by atoms with E-state index in [0.29, 0.717) is 0 Å². The second-order valence-corrected chi connectivity index (χ2v) is 4.70. The largest absolute Gasteiger partial charge is 0.381 e. The van der Waals surface area contributed by atoms with Crippen molar-refractivity contribution < 1.29 is 0 Å². The summed E-state index contributed by atoms with van der Waals surface area (Å²) in [6.07, 6.45) is 7.23. The first kappa shape index (κ1) is 12.4. The number of H-pyrrole nitrogens is 1. The van der Waals surface area contributed by atoms with Crippen molar-refractivity contribution in [3.05, 3.63) is 66.4 Å². The zero-order valence-corrected chi connectivity index (χ0v) is 11.3. The van der Waals surface area contributed by atoms with Crippen molar-refractivity contribution in [2.45, 2.75) is 13.5 Å². The van der Waals surface area contributed by atoms with Crippen LogP contribution >= 0.6 is 0 Å². The van der Waals surface area contributed by atoms with Crippen molar-refractivity contribution in [3.63, 3.8) is 0 Å². The summed E-state index contributed by atoms with van der Waals surface area (Å²) in [4.78, 5) is 11.3. The van der Waals surface area contributed by atoms with Crippen LogP contribution in [0.4, 0.5) is 5.69 Å². The SMILES string of the molecule is Cc1ccncc1CNc1ccc(-c2cnc[nH]2)cc1. The van der Waals surface area contributed by atoms with Gasteiger partial charge in [-0.3, -0.25) is 4.98 Å². The van der Waals surface area contributed by atoms with E-state index in [9.17, 15) is 0 Å². The fourth-order valence-corrected chi connectivity index (χ4v) is 2.06. The maximum absolute atomic E-state index is 4.15. The number of hydrogen-bond donors (Lipinski definition) is 2. The van der Waals surface area contributed by atoms with Gasteiger partial charge in [-0.2, -0.15) is 0 Å². The van der Waals surface area contributed by atoms with Crippen molar-refractivity contribution in [2.75, 3.05) is 5.32 Å². The Labute approximate surface area is 117 Å². The normalized spacial score (nSPS) is 10.4. The van der Waals surface area contributed by atoms with Crippen LogP contribution in [0.2, 0.25) is 0 Å². The molecule has 0 bridgehead atoms. The van der Waals surface area contributed by atoms with Gasteiger partial charge in [0.05, 0.1) is 18.2 Å². The van der Waals surface area contributed by atoms with E-state index in [1.165, 1.54) is 11.1 Å². The van der Waals surface area contributed by atoms with Gasteiger partial charge in [0.15, 0.2) is 0 Å². The average Bonchev–Trinajstić information content (AvgIpc) is 3.01. The Morgan fingerprint density at radius 1 is 1.05 bits per heavy atom. The van der Waals surface area contributed by atoms with Crippen LogP contribution in [0.3, 0.4) is 0 Å². The smallest absolute Gasteiger partial charge is 0.0924 e. The summed E-state index contributed by atoms with van der Waals surface area (Å²) in [5.74, 6) is 0. The number of nitrogens with zero attached hydrogens (tertiary/aromatic N) is 2. The van der Waals surface area contributed by atoms with E-state index in [1.807, 2.05) is 24.7 Å². The van der Waals surface area contributed by atoms with E-state index >= 15 is 0 Å². The van der Waals surface area contributed by atoms with E-state index in [-0.39, 0.29) is 0 Å². The maximum Gasteiger partial charge on any atom is 0.0924 e. The molecule has 2 aromatic heterocycles. The van der Waals surface area contributed by atoms with Gasteiger partial charge in [0, 0.05) is 24.6 Å². The van der Waals surface area contributed by atoms with Gasteiger partial charge in [0.2, 0.25) is 0 Å². The standard InChI is InChI=1S/C16H16N4/c1-12-6-7-17-8-14(12)9-19-15-4-2-13(3-5-15)16-10-18-11-20-16/h2-8,10-11,19H,9H2,1H3,(H,18,20). The van der Waals surface area contributed by atoms with Gasteiger partial charge in [0.25, 0.3) is 0 Å². The Bertz CT molecular complexity index is 672. The molecule has 3 rings (SSSR count). The Morgan fingerprint density at radius 2 is 1.90 bits per heavy atom. The number of aromatic nitrogens is 3. The van der Waals surface area contributed by atoms with E-state index in [0.717, 1.165) is 23.5 Å². The topological polar surface area (TPSA) is 53.6 Å². The van der Waals surface area contributed by atoms with Crippen LogP contribution in [-0.4, -0.2) is 15.0 Å². The monoisotopic (exact) mass is 264 g/mol. The number of benzene rings is 1. The van der Waals surface area contributed by atoms with E-state index in [1.54, 1.807) is 6.33 Å². The molecule has 0 aliphatic carbocycles. The van der Waals surface area contributed by atoms with Crippen LogP contribution in [-0.2, 0) is 6.54 Å². The summed E-state index contributed by atoms with van der Waals surface area (Å²) in [5, 5.41) is 3.41. The lowest BCUT2D eigenvalue weighted by molar-refractivity contribution is 1.08. The molecule has 0 saturated heterocycles. The van der Waals surface area contributed by atoms with Crippen molar-refractivity contribution in [1.82, 2.24) is 15.0 Å². The third-order valence-corrected chi connectivity index (χ3v) is 3.32. The molecule has 4 nitrogen and oxygen atoms in total. The first-order chi connectivity index (χ1) is 9.83. The quantitative estimate of drug-likeness (QED) is 0.759. The highest BCUT2D eigenvalue weighted by atomic mass is 14.9. The molecule has 100 valence electrons. The van der Waals surface area contributed by atoms with Crippen molar-refractivity contribution in [2.24, 2.45) is 0 Å². The summed E-state index contributed by atoms with van der Waals surface area (Å²) < 4.78 is 0. The van der Waals surface area contributed by atoms with Crippen molar-refractivity contribution in [3.8, 4) is 11.3 Å². The summed E-state index contributed by atoms with van der Waals surface area (Å²) in [6, 6.07) is 10.3. The Balaban J connectivity index is 1.68. The van der Waals surface area contributed by atoms with Gasteiger partial charge in [-0.15, -0.1) is 0 Å². The summed E-state index contributed by atoms with van der Waals surface area (Å²) in [5.41, 5.74) is 5.72. The third-order valence-electron chi connectivity index (χ3n) is 3.32. The zero-order chi connectivity index (χ0) is 13.8. The minimum atomic E-state index is 0.781. The molecule has 0 radical (unpaired) electrons. The molecule has 0 saturated carbocycles. The predicted molar refractivity (Wildman–Crippen MR) is 80.3 cm³/mol. The fourth-order valence-electron chi connectivity index (χ4n) is 2.06. The van der Waals surface area contributed by atoms with Crippen LogP contribution in [0.1, 0.15) is 11.1 Å². The van der Waals surface area contributed by atoms with Gasteiger partial charge in [-0.05, 0) is 41.8 Å².